The van der Waals surface area contributed by atoms with Crippen LogP contribution < -0.4 is 20.3 Å². The summed E-state index contributed by atoms with van der Waals surface area (Å²) in [5.41, 5.74) is 5.95. The zero-order valence-electron chi connectivity index (χ0n) is 38.0. The minimum atomic E-state index is -1.10. The van der Waals surface area contributed by atoms with Crippen molar-refractivity contribution in [1.29, 1.82) is 0 Å². The summed E-state index contributed by atoms with van der Waals surface area (Å²) < 4.78 is 25.9. The largest absolute Gasteiger partial charge is 0.477 e. The second-order valence-corrected chi connectivity index (χ2v) is 19.5. The number of fused-ring (bicyclic) bond motifs is 10. The van der Waals surface area contributed by atoms with Crippen LogP contribution >= 0.6 is 0 Å². The van der Waals surface area contributed by atoms with E-state index < -0.39 is 35.5 Å². The number of benzene rings is 2. The quantitative estimate of drug-likeness (QED) is 0.220. The van der Waals surface area contributed by atoms with Crippen molar-refractivity contribution in [3.8, 4) is 17.1 Å². The highest BCUT2D eigenvalue weighted by Crippen LogP contribution is 2.40. The molecular formula is C49H54FN11O6. The molecule has 17 nitrogen and oxygen atoms in total. The third kappa shape index (κ3) is 7.92. The topological polar surface area (TPSA) is 180 Å². The number of anilines is 2. The molecule has 3 aromatic heterocycles. The number of likely N-dealkylation sites (tertiary alicyclic amines) is 2. The minimum absolute atomic E-state index is 0.0213. The van der Waals surface area contributed by atoms with E-state index in [1.807, 2.05) is 18.9 Å². The molecule has 2 aromatic carbocycles. The second kappa shape index (κ2) is 17.0. The third-order valence-corrected chi connectivity index (χ3v) is 14.8. The van der Waals surface area contributed by atoms with E-state index in [-0.39, 0.29) is 47.9 Å². The fraction of sp³-hybridized carbons (Fsp3) is 0.469. The number of piperazine rings is 1. The number of rotatable bonds is 6. The molecule has 6 aliphatic heterocycles. The van der Waals surface area contributed by atoms with E-state index in [9.17, 15) is 24.0 Å². The van der Waals surface area contributed by atoms with Crippen molar-refractivity contribution in [2.45, 2.75) is 90.0 Å². The number of halogens is 1. The molecule has 4 saturated heterocycles. The van der Waals surface area contributed by atoms with Gasteiger partial charge in [-0.05, 0) is 112 Å². The summed E-state index contributed by atoms with van der Waals surface area (Å²) in [6.07, 6.45) is 6.62. The number of hydrogen-bond donors (Lipinski definition) is 2. The standard InChI is InChI=1S/C49H54FN11O6/c1-27-5-4-14-67-48-36(21-51-56(48)3)39-17-31(15-28(2)52-39)44(63)55-49-53-38-7-6-30(16-42(38)60(49)22-27)23-57-12-10-29(11-13-57)24-58-25-33-18-32(58)26-59(33)41-20-35-34(19-37(41)50)46(65)61(47(35)66)40-8-9-43(62)54-45(40)64/h6-7,15-17,19-21,27,29,32-33,40H,4-5,8-14,18,22-26H2,1-3H3,(H,53,55,63)(H,54,62,64)/t27-,32?,33?,40?/m1/s1. The summed E-state index contributed by atoms with van der Waals surface area (Å²) in [5, 5.41) is 9.77. The fourth-order valence-corrected chi connectivity index (χ4v) is 11.3. The summed E-state index contributed by atoms with van der Waals surface area (Å²) in [4.78, 5) is 82.5. The highest BCUT2D eigenvalue weighted by Gasteiger charge is 2.48. The molecule has 0 spiro atoms. The first-order chi connectivity index (χ1) is 32.3. The zero-order valence-corrected chi connectivity index (χ0v) is 38.0. The average molecular weight is 912 g/mol. The molecule has 4 fully saturated rings. The van der Waals surface area contributed by atoms with E-state index in [1.54, 1.807) is 23.0 Å². The lowest BCUT2D eigenvalue weighted by Gasteiger charge is -2.39. The van der Waals surface area contributed by atoms with Gasteiger partial charge >= 0.3 is 0 Å². The lowest BCUT2D eigenvalue weighted by Crippen LogP contribution is -2.54. The summed E-state index contributed by atoms with van der Waals surface area (Å²) in [5.74, 6) is -1.31. The van der Waals surface area contributed by atoms with Gasteiger partial charge in [0.25, 0.3) is 17.7 Å². The van der Waals surface area contributed by atoms with Gasteiger partial charge in [-0.25, -0.2) is 14.1 Å². The van der Waals surface area contributed by atoms with Crippen LogP contribution in [0.5, 0.6) is 5.88 Å². The number of amides is 5. The summed E-state index contributed by atoms with van der Waals surface area (Å²) in [6.45, 7) is 10.5. The molecule has 0 saturated carbocycles. The van der Waals surface area contributed by atoms with Gasteiger partial charge in [0.1, 0.15) is 11.9 Å². The molecule has 5 amide bonds. The Hall–Kier alpha value is -6.53. The third-order valence-electron chi connectivity index (χ3n) is 14.8. The van der Waals surface area contributed by atoms with Crippen LogP contribution in [0.2, 0.25) is 0 Å². The molecule has 4 bridgehead atoms. The monoisotopic (exact) mass is 911 g/mol. The van der Waals surface area contributed by atoms with Gasteiger partial charge in [-0.2, -0.15) is 5.10 Å². The van der Waals surface area contributed by atoms with Crippen molar-refractivity contribution in [2.75, 3.05) is 49.5 Å². The smallest absolute Gasteiger partial charge is 0.262 e. The Balaban J connectivity index is 0.725. The van der Waals surface area contributed by atoms with Gasteiger partial charge in [-0.1, -0.05) is 13.0 Å². The summed E-state index contributed by atoms with van der Waals surface area (Å²) >= 11 is 0. The highest BCUT2D eigenvalue weighted by atomic mass is 19.1. The number of imidazole rings is 1. The van der Waals surface area contributed by atoms with Crippen LogP contribution in [-0.2, 0) is 29.7 Å². The van der Waals surface area contributed by atoms with Gasteiger partial charge in [-0.3, -0.25) is 54.3 Å². The van der Waals surface area contributed by atoms with Gasteiger partial charge < -0.3 is 14.2 Å². The molecule has 11 rings (SSSR count). The molecule has 3 unspecified atom stereocenters. The molecular weight excluding hydrogens is 858 g/mol. The number of ether oxygens (including phenoxy) is 1. The van der Waals surface area contributed by atoms with Gasteiger partial charge in [0.15, 0.2) is 0 Å². The lowest BCUT2D eigenvalue weighted by atomic mass is 9.95. The molecule has 0 radical (unpaired) electrons. The van der Waals surface area contributed by atoms with Gasteiger partial charge in [0, 0.05) is 69.5 Å². The number of hydrogen-bond acceptors (Lipinski definition) is 12. The van der Waals surface area contributed by atoms with Crippen LogP contribution in [0, 0.1) is 24.6 Å². The number of carbonyl (C=O) groups is 5. The number of carbonyl (C=O) groups excluding carboxylic acids is 5. The number of nitrogens with zero attached hydrogens (tertiary/aromatic N) is 9. The maximum atomic E-state index is 15.8. The number of nitrogens with one attached hydrogen (secondary N) is 2. The Labute approximate surface area is 386 Å². The van der Waals surface area contributed by atoms with E-state index in [0.717, 1.165) is 92.4 Å². The molecule has 4 atom stereocenters. The van der Waals surface area contributed by atoms with E-state index in [1.165, 1.54) is 11.6 Å². The molecule has 348 valence electrons. The lowest BCUT2D eigenvalue weighted by molar-refractivity contribution is -0.136. The average Bonchev–Trinajstić information content (AvgIpc) is 4.12. The first kappa shape index (κ1) is 43.1. The van der Waals surface area contributed by atoms with Crippen LogP contribution in [0.25, 0.3) is 22.3 Å². The van der Waals surface area contributed by atoms with Crippen LogP contribution in [-0.4, -0.2) is 126 Å². The van der Waals surface area contributed by atoms with Crippen molar-refractivity contribution < 1.29 is 33.1 Å². The van der Waals surface area contributed by atoms with Crippen LogP contribution in [0.15, 0.2) is 48.7 Å². The van der Waals surface area contributed by atoms with E-state index in [2.05, 4.69) is 55.2 Å². The first-order valence-electron chi connectivity index (χ1n) is 23.6. The second-order valence-electron chi connectivity index (χ2n) is 19.5. The fourth-order valence-electron chi connectivity index (χ4n) is 11.3. The van der Waals surface area contributed by atoms with Crippen LogP contribution in [0.3, 0.4) is 0 Å². The van der Waals surface area contributed by atoms with Crippen molar-refractivity contribution in [1.82, 2.24) is 44.3 Å². The van der Waals surface area contributed by atoms with Crippen molar-refractivity contribution >= 4 is 52.2 Å². The molecule has 6 aliphatic rings. The Morgan fingerprint density at radius 1 is 0.866 bits per heavy atom. The van der Waals surface area contributed by atoms with Gasteiger partial charge in [0.2, 0.25) is 23.6 Å². The number of piperidine rings is 2. The minimum Gasteiger partial charge on any atom is -0.477 e. The molecule has 2 N–H and O–H groups in total. The molecule has 5 aromatic rings. The first-order valence-corrected chi connectivity index (χ1v) is 23.6. The highest BCUT2D eigenvalue weighted by molar-refractivity contribution is 6.23. The molecule has 18 heteroatoms. The Bertz CT molecular complexity index is 2870. The zero-order chi connectivity index (χ0) is 46.2. The van der Waals surface area contributed by atoms with Crippen LogP contribution in [0.1, 0.15) is 94.2 Å². The van der Waals surface area contributed by atoms with E-state index >= 15 is 4.39 Å². The predicted octanol–water partition coefficient (Wildman–Crippen LogP) is 4.92. The van der Waals surface area contributed by atoms with Gasteiger partial charge in [0.05, 0.1) is 51.9 Å². The number of aromatic nitrogens is 5. The van der Waals surface area contributed by atoms with Crippen molar-refractivity contribution in [3.05, 3.63) is 82.4 Å². The number of imide groups is 2. The summed E-state index contributed by atoms with van der Waals surface area (Å²) in [6, 6.07) is 11.9. The maximum absolute atomic E-state index is 15.8. The van der Waals surface area contributed by atoms with Crippen LogP contribution in [0.4, 0.5) is 16.0 Å². The van der Waals surface area contributed by atoms with E-state index in [0.29, 0.717) is 60.1 Å². The normalized spacial score (nSPS) is 24.0. The molecule has 67 heavy (non-hydrogen) atoms. The Morgan fingerprint density at radius 2 is 1.67 bits per heavy atom. The summed E-state index contributed by atoms with van der Waals surface area (Å²) in [7, 11) is 1.85. The Kier molecular flexibility index (Phi) is 10.9. The molecule has 9 heterocycles. The predicted molar refractivity (Wildman–Crippen MR) is 245 cm³/mol. The Morgan fingerprint density at radius 3 is 2.45 bits per heavy atom. The van der Waals surface area contributed by atoms with Crippen molar-refractivity contribution in [2.24, 2.45) is 18.9 Å². The van der Waals surface area contributed by atoms with Gasteiger partial charge in [-0.15, -0.1) is 0 Å². The number of aryl methyl sites for hydroxylation is 2. The SMILES string of the molecule is Cc1cc2cc(n1)-c1cnn(C)c1OCCC[C@@H](C)Cn1c(nc3ccc(CN4CCC(CN5CC6CC5CN6c5cc6c(cc5F)C(=O)N(C5CCC(=O)NC5=O)C6=O)CC4)cc31)NC2=O. The molecule has 0 aliphatic carbocycles. The number of pyridine rings is 1. The maximum Gasteiger partial charge on any atom is 0.262 e. The van der Waals surface area contributed by atoms with E-state index in [4.69, 9.17) is 14.7 Å². The van der Waals surface area contributed by atoms with Crippen molar-refractivity contribution in [3.63, 3.8) is 0 Å².